The number of carboxylic acids is 1. The predicted octanol–water partition coefficient (Wildman–Crippen LogP) is 1.02. The predicted molar refractivity (Wildman–Crippen MR) is 71.2 cm³/mol. The van der Waals surface area contributed by atoms with E-state index in [0.29, 0.717) is 11.3 Å². The molecular weight excluding hydrogens is 268 g/mol. The monoisotopic (exact) mass is 284 g/mol. The number of carbonyl (C=O) groups is 1. The molecule has 0 saturated carbocycles. The molecule has 110 valence electrons. The van der Waals surface area contributed by atoms with Gasteiger partial charge in [0.1, 0.15) is 0 Å². The molecule has 0 bridgehead atoms. The maximum atomic E-state index is 11.0. The SMILES string of the molecule is COCC(O)CNc1cc(C(=O)O)cc([N+](=O)[O-])c1C. The van der Waals surface area contributed by atoms with E-state index in [1.807, 2.05) is 0 Å². The Morgan fingerprint density at radius 2 is 2.20 bits per heavy atom. The molecule has 0 spiro atoms. The van der Waals surface area contributed by atoms with Crippen LogP contribution in [0.5, 0.6) is 0 Å². The molecule has 1 rings (SSSR count). The van der Waals surface area contributed by atoms with E-state index < -0.39 is 17.0 Å². The van der Waals surface area contributed by atoms with Gasteiger partial charge < -0.3 is 20.3 Å². The topological polar surface area (TPSA) is 122 Å². The highest BCUT2D eigenvalue weighted by atomic mass is 16.6. The van der Waals surface area contributed by atoms with Gasteiger partial charge in [0, 0.05) is 31.0 Å². The van der Waals surface area contributed by atoms with Gasteiger partial charge in [0.2, 0.25) is 0 Å². The van der Waals surface area contributed by atoms with Crippen LogP contribution >= 0.6 is 0 Å². The molecule has 8 heteroatoms. The standard InChI is InChI=1S/C12H16N2O6/c1-7-10(13-5-9(15)6-20-2)3-8(12(16)17)4-11(7)14(18)19/h3-4,9,13,15H,5-6H2,1-2H3,(H,16,17). The van der Waals surface area contributed by atoms with E-state index >= 15 is 0 Å². The van der Waals surface area contributed by atoms with E-state index in [0.717, 1.165) is 6.07 Å². The van der Waals surface area contributed by atoms with E-state index in [9.17, 15) is 20.0 Å². The Morgan fingerprint density at radius 3 is 2.70 bits per heavy atom. The third-order valence-corrected chi connectivity index (χ3v) is 2.71. The minimum atomic E-state index is -1.26. The Bertz CT molecular complexity index is 517. The van der Waals surface area contributed by atoms with Crippen molar-refractivity contribution in [3.05, 3.63) is 33.4 Å². The fraction of sp³-hybridized carbons (Fsp3) is 0.417. The summed E-state index contributed by atoms with van der Waals surface area (Å²) in [6.45, 7) is 1.70. The first-order valence-electron chi connectivity index (χ1n) is 5.80. The lowest BCUT2D eigenvalue weighted by Crippen LogP contribution is -2.24. The van der Waals surface area contributed by atoms with Crippen molar-refractivity contribution in [1.82, 2.24) is 0 Å². The molecule has 0 aliphatic rings. The summed E-state index contributed by atoms with van der Waals surface area (Å²) >= 11 is 0. The number of nitro groups is 1. The van der Waals surface area contributed by atoms with Crippen LogP contribution in [0.25, 0.3) is 0 Å². The number of ether oxygens (including phenoxy) is 1. The van der Waals surface area contributed by atoms with E-state index in [4.69, 9.17) is 9.84 Å². The van der Waals surface area contributed by atoms with Crippen molar-refractivity contribution in [3.8, 4) is 0 Å². The lowest BCUT2D eigenvalue weighted by molar-refractivity contribution is -0.385. The van der Waals surface area contributed by atoms with Gasteiger partial charge in [-0.2, -0.15) is 0 Å². The summed E-state index contributed by atoms with van der Waals surface area (Å²) in [7, 11) is 1.43. The summed E-state index contributed by atoms with van der Waals surface area (Å²) in [6.07, 6.45) is -0.799. The average Bonchev–Trinajstić information content (AvgIpc) is 2.37. The number of anilines is 1. The average molecular weight is 284 g/mol. The fourth-order valence-electron chi connectivity index (χ4n) is 1.67. The third-order valence-electron chi connectivity index (χ3n) is 2.71. The van der Waals surface area contributed by atoms with E-state index in [1.54, 1.807) is 0 Å². The zero-order valence-electron chi connectivity index (χ0n) is 11.1. The van der Waals surface area contributed by atoms with Gasteiger partial charge in [0.25, 0.3) is 5.69 Å². The fourth-order valence-corrected chi connectivity index (χ4v) is 1.67. The number of rotatable bonds is 7. The molecule has 1 aromatic carbocycles. The third kappa shape index (κ3) is 3.90. The van der Waals surface area contributed by atoms with Gasteiger partial charge in [0.15, 0.2) is 0 Å². The summed E-state index contributed by atoms with van der Waals surface area (Å²) in [5.41, 5.74) is 0.135. The van der Waals surface area contributed by atoms with Gasteiger partial charge >= 0.3 is 5.97 Å². The number of aliphatic hydroxyl groups excluding tert-OH is 1. The van der Waals surface area contributed by atoms with E-state index in [1.165, 1.54) is 20.1 Å². The molecule has 0 radical (unpaired) electrons. The van der Waals surface area contributed by atoms with Crippen molar-refractivity contribution in [2.45, 2.75) is 13.0 Å². The Balaban J connectivity index is 3.05. The van der Waals surface area contributed by atoms with Gasteiger partial charge in [0.05, 0.1) is 23.2 Å². The summed E-state index contributed by atoms with van der Waals surface area (Å²) in [4.78, 5) is 21.2. The second-order valence-electron chi connectivity index (χ2n) is 4.22. The number of aliphatic hydroxyl groups is 1. The lowest BCUT2D eigenvalue weighted by Gasteiger charge is -2.14. The number of aromatic carboxylic acids is 1. The van der Waals surface area contributed by atoms with Crippen LogP contribution in [0.15, 0.2) is 12.1 Å². The molecule has 3 N–H and O–H groups in total. The molecule has 1 unspecified atom stereocenters. The van der Waals surface area contributed by atoms with Crippen molar-refractivity contribution in [2.75, 3.05) is 25.6 Å². The van der Waals surface area contributed by atoms with Crippen molar-refractivity contribution >= 4 is 17.3 Å². The second kappa shape index (κ2) is 6.83. The summed E-state index contributed by atoms with van der Waals surface area (Å²) in [5, 5.41) is 32.2. The molecular formula is C12H16N2O6. The molecule has 8 nitrogen and oxygen atoms in total. The van der Waals surface area contributed by atoms with Crippen LogP contribution in [0.1, 0.15) is 15.9 Å². The summed E-state index contributed by atoms with van der Waals surface area (Å²) in [6, 6.07) is 2.30. The second-order valence-corrected chi connectivity index (χ2v) is 4.22. The minimum Gasteiger partial charge on any atom is -0.478 e. The molecule has 0 heterocycles. The zero-order chi connectivity index (χ0) is 15.3. The van der Waals surface area contributed by atoms with Gasteiger partial charge in [-0.05, 0) is 13.0 Å². The number of nitro benzene ring substituents is 1. The van der Waals surface area contributed by atoms with Crippen molar-refractivity contribution in [2.24, 2.45) is 0 Å². The largest absolute Gasteiger partial charge is 0.478 e. The number of carboxylic acid groups (broad SMARTS) is 1. The normalized spacial score (nSPS) is 11.9. The van der Waals surface area contributed by atoms with Crippen LogP contribution in [0.4, 0.5) is 11.4 Å². The van der Waals surface area contributed by atoms with Crippen molar-refractivity contribution in [1.29, 1.82) is 0 Å². The number of hydrogen-bond acceptors (Lipinski definition) is 6. The number of benzene rings is 1. The van der Waals surface area contributed by atoms with Crippen LogP contribution in [-0.2, 0) is 4.74 Å². The highest BCUT2D eigenvalue weighted by Gasteiger charge is 2.19. The first-order valence-corrected chi connectivity index (χ1v) is 5.80. The first-order chi connectivity index (χ1) is 9.36. The van der Waals surface area contributed by atoms with Crippen LogP contribution < -0.4 is 5.32 Å². The van der Waals surface area contributed by atoms with Crippen molar-refractivity contribution < 1.29 is 24.7 Å². The smallest absolute Gasteiger partial charge is 0.336 e. The van der Waals surface area contributed by atoms with Crippen LogP contribution in [0.2, 0.25) is 0 Å². The van der Waals surface area contributed by atoms with Crippen LogP contribution in [-0.4, -0.2) is 47.5 Å². The Labute approximate surface area is 115 Å². The van der Waals surface area contributed by atoms with E-state index in [-0.39, 0.29) is 24.4 Å². The molecule has 0 fully saturated rings. The highest BCUT2D eigenvalue weighted by Crippen LogP contribution is 2.27. The summed E-state index contributed by atoms with van der Waals surface area (Å²) in [5.74, 6) is -1.26. The number of nitrogens with zero attached hydrogens (tertiary/aromatic N) is 1. The number of nitrogens with one attached hydrogen (secondary N) is 1. The van der Waals surface area contributed by atoms with Crippen molar-refractivity contribution in [3.63, 3.8) is 0 Å². The molecule has 0 aliphatic heterocycles. The molecule has 0 amide bonds. The zero-order valence-corrected chi connectivity index (χ0v) is 11.1. The molecule has 0 aromatic heterocycles. The van der Waals surface area contributed by atoms with Gasteiger partial charge in [-0.25, -0.2) is 4.79 Å². The Hall–Kier alpha value is -2.19. The summed E-state index contributed by atoms with van der Waals surface area (Å²) < 4.78 is 4.75. The Morgan fingerprint density at radius 1 is 1.55 bits per heavy atom. The molecule has 1 atom stereocenters. The van der Waals surface area contributed by atoms with Crippen LogP contribution in [0.3, 0.4) is 0 Å². The van der Waals surface area contributed by atoms with Gasteiger partial charge in [-0.15, -0.1) is 0 Å². The molecule has 0 saturated heterocycles. The quantitative estimate of drug-likeness (QED) is 0.504. The molecule has 1 aromatic rings. The van der Waals surface area contributed by atoms with E-state index in [2.05, 4.69) is 5.32 Å². The first kappa shape index (κ1) is 15.9. The Kier molecular flexibility index (Phi) is 5.42. The lowest BCUT2D eigenvalue weighted by atomic mass is 10.1. The molecule has 20 heavy (non-hydrogen) atoms. The number of hydrogen-bond donors (Lipinski definition) is 3. The van der Waals surface area contributed by atoms with Gasteiger partial charge in [-0.1, -0.05) is 0 Å². The highest BCUT2D eigenvalue weighted by molar-refractivity contribution is 5.90. The maximum Gasteiger partial charge on any atom is 0.336 e. The maximum absolute atomic E-state index is 11.0. The van der Waals surface area contributed by atoms with Crippen LogP contribution in [0, 0.1) is 17.0 Å². The molecule has 0 aliphatic carbocycles. The number of methoxy groups -OCH3 is 1. The van der Waals surface area contributed by atoms with Gasteiger partial charge in [-0.3, -0.25) is 10.1 Å². The minimum absolute atomic E-state index is 0.0922.